The van der Waals surface area contributed by atoms with Crippen molar-refractivity contribution in [3.8, 4) is 0 Å². The molecule has 0 aliphatic heterocycles. The van der Waals surface area contributed by atoms with E-state index in [-0.39, 0.29) is 11.5 Å². The second kappa shape index (κ2) is 10.6. The van der Waals surface area contributed by atoms with Gasteiger partial charge in [0.2, 0.25) is 6.54 Å². The van der Waals surface area contributed by atoms with Gasteiger partial charge in [0, 0.05) is 11.3 Å². The van der Waals surface area contributed by atoms with Crippen molar-refractivity contribution in [3.63, 3.8) is 0 Å². The van der Waals surface area contributed by atoms with Crippen LogP contribution in [0.2, 0.25) is 0 Å². The highest BCUT2D eigenvalue weighted by atomic mass is 16.6. The third-order valence-electron chi connectivity index (χ3n) is 4.00. The van der Waals surface area contributed by atoms with Crippen LogP contribution in [0.15, 0.2) is 23.8 Å². The zero-order chi connectivity index (χ0) is 14.6. The summed E-state index contributed by atoms with van der Waals surface area (Å²) in [6.07, 6.45) is 18.8. The number of rotatable bonds is 11. The van der Waals surface area contributed by atoms with Crippen molar-refractivity contribution in [2.24, 2.45) is 5.92 Å². The van der Waals surface area contributed by atoms with Crippen LogP contribution in [0.25, 0.3) is 0 Å². The lowest BCUT2D eigenvalue weighted by atomic mass is 9.91. The van der Waals surface area contributed by atoms with Crippen LogP contribution >= 0.6 is 0 Å². The molecular formula is C17H29NO2. The zero-order valence-electron chi connectivity index (χ0n) is 12.9. The fourth-order valence-electron chi connectivity index (χ4n) is 2.70. The molecule has 0 amide bonds. The molecule has 114 valence electrons. The average molecular weight is 279 g/mol. The molecule has 1 atom stereocenters. The molecule has 0 spiro atoms. The summed E-state index contributed by atoms with van der Waals surface area (Å²) >= 11 is 0. The van der Waals surface area contributed by atoms with E-state index < -0.39 is 0 Å². The van der Waals surface area contributed by atoms with Crippen LogP contribution in [0.3, 0.4) is 0 Å². The second-order valence-electron chi connectivity index (χ2n) is 5.85. The minimum absolute atomic E-state index is 0.110. The summed E-state index contributed by atoms with van der Waals surface area (Å²) in [5, 5.41) is 10.3. The maximum atomic E-state index is 10.3. The van der Waals surface area contributed by atoms with Crippen molar-refractivity contribution in [2.75, 3.05) is 6.54 Å². The summed E-state index contributed by atoms with van der Waals surface area (Å²) in [6.45, 7) is 2.36. The van der Waals surface area contributed by atoms with Gasteiger partial charge in [-0.2, -0.15) is 0 Å². The van der Waals surface area contributed by atoms with Gasteiger partial charge in [0.15, 0.2) is 0 Å². The van der Waals surface area contributed by atoms with E-state index in [1.165, 1.54) is 50.5 Å². The number of hydrogen-bond donors (Lipinski definition) is 0. The van der Waals surface area contributed by atoms with E-state index in [0.29, 0.717) is 12.3 Å². The van der Waals surface area contributed by atoms with Gasteiger partial charge in [-0.3, -0.25) is 10.1 Å². The normalized spacial score (nSPS) is 18.1. The third-order valence-corrected chi connectivity index (χ3v) is 4.00. The van der Waals surface area contributed by atoms with Crippen molar-refractivity contribution in [1.29, 1.82) is 0 Å². The lowest BCUT2D eigenvalue weighted by Gasteiger charge is -2.15. The largest absolute Gasteiger partial charge is 0.265 e. The highest BCUT2D eigenvalue weighted by Crippen LogP contribution is 2.23. The minimum Gasteiger partial charge on any atom is -0.265 e. The van der Waals surface area contributed by atoms with Crippen molar-refractivity contribution in [3.05, 3.63) is 33.9 Å². The van der Waals surface area contributed by atoms with Gasteiger partial charge in [0.05, 0.1) is 0 Å². The van der Waals surface area contributed by atoms with E-state index >= 15 is 0 Å². The molecule has 0 aromatic carbocycles. The van der Waals surface area contributed by atoms with Crippen molar-refractivity contribution in [1.82, 2.24) is 0 Å². The van der Waals surface area contributed by atoms with Crippen LogP contribution in [0.4, 0.5) is 0 Å². The van der Waals surface area contributed by atoms with Crippen LogP contribution in [-0.4, -0.2) is 11.5 Å². The Morgan fingerprint density at radius 1 is 1.20 bits per heavy atom. The highest BCUT2D eigenvalue weighted by Gasteiger charge is 2.10. The summed E-state index contributed by atoms with van der Waals surface area (Å²) in [5.41, 5.74) is 1.46. The molecule has 3 nitrogen and oxygen atoms in total. The Morgan fingerprint density at radius 3 is 2.60 bits per heavy atom. The van der Waals surface area contributed by atoms with Crippen LogP contribution < -0.4 is 0 Å². The van der Waals surface area contributed by atoms with Crippen molar-refractivity contribution < 1.29 is 4.92 Å². The molecule has 0 aromatic rings. The molecule has 0 fully saturated rings. The van der Waals surface area contributed by atoms with Gasteiger partial charge in [0.25, 0.3) is 0 Å². The molecule has 20 heavy (non-hydrogen) atoms. The van der Waals surface area contributed by atoms with E-state index in [0.717, 1.165) is 12.8 Å². The van der Waals surface area contributed by atoms with Gasteiger partial charge in [-0.15, -0.1) is 0 Å². The predicted molar refractivity (Wildman–Crippen MR) is 84.4 cm³/mol. The van der Waals surface area contributed by atoms with Gasteiger partial charge in [-0.1, -0.05) is 62.8 Å². The molecule has 1 aliphatic rings. The molecule has 0 heterocycles. The smallest absolute Gasteiger partial charge is 0.203 e. The summed E-state index contributed by atoms with van der Waals surface area (Å²) in [7, 11) is 0. The number of nitrogens with zero attached hydrogens (tertiary/aromatic N) is 1. The molecular weight excluding hydrogens is 250 g/mol. The van der Waals surface area contributed by atoms with Crippen LogP contribution in [-0.2, 0) is 0 Å². The SMILES string of the molecule is CCCCCCCCC1=CCC(CCC[N+](=O)[O-])C=C1. The molecule has 0 saturated heterocycles. The van der Waals surface area contributed by atoms with Crippen molar-refractivity contribution in [2.45, 2.75) is 71.1 Å². The molecule has 1 rings (SSSR count). The Hall–Kier alpha value is -1.12. The Kier molecular flexibility index (Phi) is 9.01. The van der Waals surface area contributed by atoms with Gasteiger partial charge in [0.1, 0.15) is 0 Å². The van der Waals surface area contributed by atoms with Crippen molar-refractivity contribution >= 4 is 0 Å². The molecule has 1 aliphatic carbocycles. The summed E-state index contributed by atoms with van der Waals surface area (Å²) in [6, 6.07) is 0. The van der Waals surface area contributed by atoms with Gasteiger partial charge < -0.3 is 0 Å². The van der Waals surface area contributed by atoms with E-state index in [2.05, 4.69) is 25.2 Å². The molecule has 0 bridgehead atoms. The van der Waals surface area contributed by atoms with E-state index in [1.54, 1.807) is 0 Å². The lowest BCUT2D eigenvalue weighted by molar-refractivity contribution is -0.480. The first-order valence-corrected chi connectivity index (χ1v) is 8.21. The molecule has 1 unspecified atom stereocenters. The fourth-order valence-corrected chi connectivity index (χ4v) is 2.70. The Bertz CT molecular complexity index is 334. The van der Waals surface area contributed by atoms with Crippen LogP contribution in [0, 0.1) is 16.0 Å². The van der Waals surface area contributed by atoms with Crippen LogP contribution in [0.5, 0.6) is 0 Å². The average Bonchev–Trinajstić information content (AvgIpc) is 2.44. The number of allylic oxidation sites excluding steroid dienone is 4. The first-order valence-electron chi connectivity index (χ1n) is 8.21. The first kappa shape index (κ1) is 16.9. The monoisotopic (exact) mass is 279 g/mol. The number of nitro groups is 1. The Balaban J connectivity index is 2.05. The third kappa shape index (κ3) is 8.13. The maximum absolute atomic E-state index is 10.3. The fraction of sp³-hybridized carbons (Fsp3) is 0.765. The number of hydrogen-bond acceptors (Lipinski definition) is 2. The molecule has 0 aromatic heterocycles. The van der Waals surface area contributed by atoms with Gasteiger partial charge in [-0.25, -0.2) is 0 Å². The minimum atomic E-state index is -0.216. The lowest BCUT2D eigenvalue weighted by Crippen LogP contribution is -2.05. The first-order chi connectivity index (χ1) is 9.72. The van der Waals surface area contributed by atoms with E-state index in [9.17, 15) is 10.1 Å². The molecule has 0 saturated carbocycles. The van der Waals surface area contributed by atoms with E-state index in [4.69, 9.17) is 0 Å². The highest BCUT2D eigenvalue weighted by molar-refractivity contribution is 5.23. The summed E-state index contributed by atoms with van der Waals surface area (Å²) in [4.78, 5) is 10.1. The van der Waals surface area contributed by atoms with Gasteiger partial charge >= 0.3 is 0 Å². The van der Waals surface area contributed by atoms with Crippen LogP contribution in [0.1, 0.15) is 71.1 Å². The molecule has 3 heteroatoms. The standard InChI is InChI=1S/C17H29NO2/c1-2-3-4-5-6-7-9-16-11-13-17(14-12-16)10-8-15-18(19)20/h11-13,17H,2-10,14-15H2,1H3. The summed E-state index contributed by atoms with van der Waals surface area (Å²) < 4.78 is 0. The topological polar surface area (TPSA) is 43.1 Å². The maximum Gasteiger partial charge on any atom is 0.203 e. The van der Waals surface area contributed by atoms with E-state index in [1.807, 2.05) is 0 Å². The molecule has 0 radical (unpaired) electrons. The second-order valence-corrected chi connectivity index (χ2v) is 5.85. The van der Waals surface area contributed by atoms with Gasteiger partial charge in [-0.05, 0) is 31.6 Å². The Labute approximate surface area is 123 Å². The predicted octanol–water partition coefficient (Wildman–Crippen LogP) is 5.30. The number of unbranched alkanes of at least 4 members (excludes halogenated alkanes) is 5. The summed E-state index contributed by atoms with van der Waals surface area (Å²) in [5.74, 6) is 0.517. The molecule has 0 N–H and O–H groups in total. The quantitative estimate of drug-likeness (QED) is 0.293. The zero-order valence-corrected chi connectivity index (χ0v) is 12.9. The Morgan fingerprint density at radius 2 is 1.95 bits per heavy atom.